The molecule has 3 N–H and O–H groups in total. The van der Waals surface area contributed by atoms with Gasteiger partial charge < -0.3 is 15.4 Å². The van der Waals surface area contributed by atoms with E-state index in [0.717, 1.165) is 0 Å². The maximum atomic E-state index is 11.5. The topological polar surface area (TPSA) is 102 Å². The molecule has 0 atom stereocenters. The van der Waals surface area contributed by atoms with Crippen molar-refractivity contribution < 1.29 is 19.1 Å². The van der Waals surface area contributed by atoms with E-state index in [2.05, 4.69) is 10.1 Å². The fourth-order valence-corrected chi connectivity index (χ4v) is 1.92. The Kier molecular flexibility index (Phi) is 3.37. The first-order chi connectivity index (χ1) is 9.02. The zero-order valence-electron chi connectivity index (χ0n) is 10.3. The van der Waals surface area contributed by atoms with Crippen LogP contribution in [0, 0.1) is 0 Å². The van der Waals surface area contributed by atoms with E-state index in [-0.39, 0.29) is 24.3 Å². The molecule has 2 amide bonds. The smallest absolute Gasteiger partial charge is 0.340 e. The number of benzene rings is 1. The molecule has 1 aromatic carbocycles. The van der Waals surface area contributed by atoms with E-state index in [0.29, 0.717) is 5.69 Å². The van der Waals surface area contributed by atoms with Crippen LogP contribution < -0.4 is 16.0 Å². The number of rotatable bonds is 2. The van der Waals surface area contributed by atoms with Gasteiger partial charge in [-0.25, -0.2) is 4.79 Å². The zero-order valence-corrected chi connectivity index (χ0v) is 10.3. The van der Waals surface area contributed by atoms with Crippen LogP contribution in [-0.2, 0) is 14.3 Å². The zero-order chi connectivity index (χ0) is 14.0. The Morgan fingerprint density at radius 3 is 2.53 bits per heavy atom. The molecular formula is C12H13N3O4. The molecule has 100 valence electrons. The number of methoxy groups -OCH3 is 1. The van der Waals surface area contributed by atoms with Crippen molar-refractivity contribution in [2.45, 2.75) is 0 Å². The average Bonchev–Trinajstić information content (AvgIpc) is 2.37. The highest BCUT2D eigenvalue weighted by atomic mass is 16.5. The lowest BCUT2D eigenvalue weighted by Gasteiger charge is -2.28. The monoisotopic (exact) mass is 263 g/mol. The van der Waals surface area contributed by atoms with Crippen molar-refractivity contribution in [1.29, 1.82) is 0 Å². The number of imide groups is 1. The molecule has 0 saturated carbocycles. The van der Waals surface area contributed by atoms with Gasteiger partial charge in [0.2, 0.25) is 11.8 Å². The van der Waals surface area contributed by atoms with Gasteiger partial charge in [0.1, 0.15) is 0 Å². The highest BCUT2D eigenvalue weighted by Gasteiger charge is 2.25. The van der Waals surface area contributed by atoms with Crippen LogP contribution >= 0.6 is 0 Å². The van der Waals surface area contributed by atoms with Gasteiger partial charge in [0.05, 0.1) is 37.1 Å². The predicted molar refractivity (Wildman–Crippen MR) is 67.6 cm³/mol. The number of anilines is 2. The van der Waals surface area contributed by atoms with Gasteiger partial charge in [-0.05, 0) is 12.1 Å². The Balaban J connectivity index is 2.37. The fourth-order valence-electron chi connectivity index (χ4n) is 1.92. The second-order valence-electron chi connectivity index (χ2n) is 4.06. The molecular weight excluding hydrogens is 250 g/mol. The molecule has 1 aliphatic heterocycles. The number of para-hydroxylation sites is 1. The molecule has 0 aromatic heterocycles. The summed E-state index contributed by atoms with van der Waals surface area (Å²) >= 11 is 0. The van der Waals surface area contributed by atoms with Crippen LogP contribution in [0.4, 0.5) is 11.4 Å². The lowest BCUT2D eigenvalue weighted by molar-refractivity contribution is -0.130. The summed E-state index contributed by atoms with van der Waals surface area (Å²) < 4.78 is 4.62. The Morgan fingerprint density at radius 2 is 1.95 bits per heavy atom. The molecule has 0 unspecified atom stereocenters. The summed E-state index contributed by atoms with van der Waals surface area (Å²) in [5, 5.41) is 2.20. The largest absolute Gasteiger partial charge is 0.465 e. The van der Waals surface area contributed by atoms with Crippen molar-refractivity contribution in [3.63, 3.8) is 0 Å². The number of nitrogens with zero attached hydrogens (tertiary/aromatic N) is 1. The van der Waals surface area contributed by atoms with Crippen LogP contribution in [0.15, 0.2) is 18.2 Å². The van der Waals surface area contributed by atoms with E-state index in [9.17, 15) is 14.4 Å². The lowest BCUT2D eigenvalue weighted by atomic mass is 10.1. The minimum atomic E-state index is -0.563. The van der Waals surface area contributed by atoms with Gasteiger partial charge in [-0.1, -0.05) is 6.07 Å². The second-order valence-corrected chi connectivity index (χ2v) is 4.06. The van der Waals surface area contributed by atoms with E-state index in [1.165, 1.54) is 18.1 Å². The molecule has 0 bridgehead atoms. The van der Waals surface area contributed by atoms with E-state index in [1.54, 1.807) is 12.1 Å². The third-order valence-electron chi connectivity index (χ3n) is 2.78. The van der Waals surface area contributed by atoms with Crippen molar-refractivity contribution in [2.75, 3.05) is 30.8 Å². The number of nitrogens with one attached hydrogen (secondary N) is 1. The summed E-state index contributed by atoms with van der Waals surface area (Å²) in [6.45, 7) is 0.0289. The Bertz CT molecular complexity index is 540. The number of nitrogens with two attached hydrogens (primary N) is 1. The summed E-state index contributed by atoms with van der Waals surface area (Å²) in [4.78, 5) is 35.7. The van der Waals surface area contributed by atoms with Crippen molar-refractivity contribution >= 4 is 29.2 Å². The second kappa shape index (κ2) is 4.97. The lowest BCUT2D eigenvalue weighted by Crippen LogP contribution is -2.51. The van der Waals surface area contributed by atoms with Crippen molar-refractivity contribution in [1.82, 2.24) is 5.32 Å². The van der Waals surface area contributed by atoms with Crippen LogP contribution in [-0.4, -0.2) is 38.0 Å². The molecule has 0 spiro atoms. The molecule has 1 heterocycles. The fraction of sp³-hybridized carbons (Fsp3) is 0.250. The average molecular weight is 263 g/mol. The minimum Gasteiger partial charge on any atom is -0.465 e. The van der Waals surface area contributed by atoms with Gasteiger partial charge in [0, 0.05) is 0 Å². The molecule has 7 heteroatoms. The molecule has 1 aromatic rings. The molecule has 2 rings (SSSR count). The maximum absolute atomic E-state index is 11.5. The molecule has 0 aliphatic carbocycles. The first-order valence-electron chi connectivity index (χ1n) is 5.57. The van der Waals surface area contributed by atoms with Gasteiger partial charge >= 0.3 is 5.97 Å². The molecule has 1 saturated heterocycles. The number of ether oxygens (including phenoxy) is 1. The van der Waals surface area contributed by atoms with Crippen LogP contribution in [0.5, 0.6) is 0 Å². The predicted octanol–water partition coefficient (Wildman–Crippen LogP) is -0.482. The van der Waals surface area contributed by atoms with Gasteiger partial charge in [-0.15, -0.1) is 0 Å². The Hall–Kier alpha value is -2.57. The molecule has 19 heavy (non-hydrogen) atoms. The summed E-state index contributed by atoms with van der Waals surface area (Å²) in [5.74, 6) is -1.37. The van der Waals surface area contributed by atoms with Gasteiger partial charge in [-0.3, -0.25) is 14.9 Å². The first-order valence-corrected chi connectivity index (χ1v) is 5.57. The summed E-state index contributed by atoms with van der Waals surface area (Å²) in [7, 11) is 1.26. The third kappa shape index (κ3) is 2.49. The van der Waals surface area contributed by atoms with Crippen molar-refractivity contribution in [3.8, 4) is 0 Å². The van der Waals surface area contributed by atoms with Crippen LogP contribution in [0.25, 0.3) is 0 Å². The van der Waals surface area contributed by atoms with Gasteiger partial charge in [0.25, 0.3) is 0 Å². The maximum Gasteiger partial charge on any atom is 0.340 e. The van der Waals surface area contributed by atoms with Crippen molar-refractivity contribution in [2.24, 2.45) is 0 Å². The number of carbonyl (C=O) groups is 3. The highest BCUT2D eigenvalue weighted by molar-refractivity contribution is 6.04. The van der Waals surface area contributed by atoms with E-state index in [1.807, 2.05) is 0 Å². The standard InChI is InChI=1S/C12H13N3O4/c1-19-12(18)7-3-2-4-8(11(7)13)15-5-9(16)14-10(17)6-15/h2-4H,5-6,13H2,1H3,(H,14,16,17). The number of piperazine rings is 1. The van der Waals surface area contributed by atoms with Crippen LogP contribution in [0.2, 0.25) is 0 Å². The summed E-state index contributed by atoms with van der Waals surface area (Å²) in [6, 6.07) is 4.79. The number of nitrogen functional groups attached to an aromatic ring is 1. The van der Waals surface area contributed by atoms with E-state index >= 15 is 0 Å². The van der Waals surface area contributed by atoms with Crippen LogP contribution in [0.3, 0.4) is 0 Å². The van der Waals surface area contributed by atoms with E-state index < -0.39 is 17.8 Å². The highest BCUT2D eigenvalue weighted by Crippen LogP contribution is 2.27. The number of hydrogen-bond acceptors (Lipinski definition) is 6. The molecule has 1 fully saturated rings. The molecule has 7 nitrogen and oxygen atoms in total. The SMILES string of the molecule is COC(=O)c1cccc(N2CC(=O)NC(=O)C2)c1N. The quantitative estimate of drug-likeness (QED) is 0.424. The van der Waals surface area contributed by atoms with Gasteiger partial charge in [-0.2, -0.15) is 0 Å². The number of hydrogen-bond donors (Lipinski definition) is 2. The molecule has 0 radical (unpaired) electrons. The number of carbonyl (C=O) groups excluding carboxylic acids is 3. The normalized spacial score (nSPS) is 15.1. The summed E-state index contributed by atoms with van der Waals surface area (Å²) in [6.07, 6.45) is 0. The van der Waals surface area contributed by atoms with E-state index in [4.69, 9.17) is 5.73 Å². The number of amides is 2. The third-order valence-corrected chi connectivity index (χ3v) is 2.78. The first kappa shape index (κ1) is 12.9. The van der Waals surface area contributed by atoms with Gasteiger partial charge in [0.15, 0.2) is 0 Å². The van der Waals surface area contributed by atoms with Crippen LogP contribution in [0.1, 0.15) is 10.4 Å². The Labute approximate surface area is 109 Å². The van der Waals surface area contributed by atoms with Crippen molar-refractivity contribution in [3.05, 3.63) is 23.8 Å². The Morgan fingerprint density at radius 1 is 1.32 bits per heavy atom. The number of esters is 1. The summed E-state index contributed by atoms with van der Waals surface area (Å²) in [5.41, 5.74) is 6.76. The molecule has 1 aliphatic rings. The minimum absolute atomic E-state index is 0.0145.